The fourth-order valence-corrected chi connectivity index (χ4v) is 3.11. The van der Waals surface area contributed by atoms with Gasteiger partial charge >= 0.3 is 0 Å². The van der Waals surface area contributed by atoms with Crippen LogP contribution >= 0.6 is 11.6 Å². The second-order valence-corrected chi connectivity index (χ2v) is 5.46. The topological polar surface area (TPSA) is 41.1 Å². The summed E-state index contributed by atoms with van der Waals surface area (Å²) in [7, 11) is 0. The molecule has 3 nitrogen and oxygen atoms in total. The quantitative estimate of drug-likeness (QED) is 0.790. The lowest BCUT2D eigenvalue weighted by atomic mass is 9.67. The molecule has 0 unspecified atom stereocenters. The molecule has 1 amide bonds. The molecule has 90 valence electrons. The third kappa shape index (κ3) is 2.11. The number of carbonyl (C=O) groups excluding carboxylic acids is 1. The molecule has 16 heavy (non-hydrogen) atoms. The molecular weight excluding hydrogens is 224 g/mol. The van der Waals surface area contributed by atoms with Gasteiger partial charge in [-0.05, 0) is 25.3 Å². The van der Waals surface area contributed by atoms with Crippen molar-refractivity contribution in [1.82, 2.24) is 10.6 Å². The molecule has 0 spiro atoms. The van der Waals surface area contributed by atoms with Crippen molar-refractivity contribution < 1.29 is 4.79 Å². The first-order valence-corrected chi connectivity index (χ1v) is 6.35. The first-order chi connectivity index (χ1) is 7.65. The molecule has 1 saturated carbocycles. The Hall–Kier alpha value is -0.540. The van der Waals surface area contributed by atoms with Crippen LogP contribution in [-0.2, 0) is 4.79 Å². The highest BCUT2D eigenvalue weighted by Gasteiger charge is 2.49. The monoisotopic (exact) mass is 242 g/mol. The molecular formula is C12H19ClN2O. The van der Waals surface area contributed by atoms with Crippen molar-refractivity contribution in [2.24, 2.45) is 11.3 Å². The zero-order chi connectivity index (χ0) is 11.6. The van der Waals surface area contributed by atoms with Gasteiger partial charge in [0.1, 0.15) is 0 Å². The van der Waals surface area contributed by atoms with Gasteiger partial charge < -0.3 is 10.6 Å². The lowest BCUT2D eigenvalue weighted by Crippen LogP contribution is -2.48. The molecule has 1 saturated heterocycles. The number of carbonyl (C=O) groups is 1. The standard InChI is InChI=1S/C12H19ClN2O/c1-9(13)6-15-11(16)12-5-3-2-4-10(12)7-14-8-12/h10,14H,1-8H2,(H,15,16)/t10-,12+/m0/s1. The minimum Gasteiger partial charge on any atom is -0.351 e. The van der Waals surface area contributed by atoms with E-state index in [-0.39, 0.29) is 11.3 Å². The highest BCUT2D eigenvalue weighted by atomic mass is 35.5. The Bertz CT molecular complexity index is 305. The van der Waals surface area contributed by atoms with Crippen LogP contribution in [0.25, 0.3) is 0 Å². The first kappa shape index (κ1) is 11.9. The van der Waals surface area contributed by atoms with E-state index in [0.717, 1.165) is 25.9 Å². The van der Waals surface area contributed by atoms with Gasteiger partial charge in [-0.25, -0.2) is 0 Å². The van der Waals surface area contributed by atoms with E-state index in [1.807, 2.05) is 0 Å². The minimum atomic E-state index is -0.176. The minimum absolute atomic E-state index is 0.156. The summed E-state index contributed by atoms with van der Waals surface area (Å²) >= 11 is 5.68. The van der Waals surface area contributed by atoms with Gasteiger partial charge in [-0.3, -0.25) is 4.79 Å². The summed E-state index contributed by atoms with van der Waals surface area (Å²) in [4.78, 5) is 12.3. The number of hydrogen-bond donors (Lipinski definition) is 2. The summed E-state index contributed by atoms with van der Waals surface area (Å²) in [5.74, 6) is 0.661. The maximum atomic E-state index is 12.3. The van der Waals surface area contributed by atoms with Crippen LogP contribution in [0.15, 0.2) is 11.6 Å². The molecule has 0 aromatic heterocycles. The Kier molecular flexibility index (Phi) is 3.55. The SMILES string of the molecule is C=C(Cl)CNC(=O)[C@@]12CCCC[C@H]1CNC2. The Morgan fingerprint density at radius 3 is 3.12 bits per heavy atom. The maximum Gasteiger partial charge on any atom is 0.228 e. The Labute approximate surface area is 102 Å². The van der Waals surface area contributed by atoms with E-state index in [4.69, 9.17) is 11.6 Å². The first-order valence-electron chi connectivity index (χ1n) is 5.97. The molecule has 1 heterocycles. The molecule has 4 heteroatoms. The molecule has 0 aromatic rings. The number of nitrogens with one attached hydrogen (secondary N) is 2. The Morgan fingerprint density at radius 2 is 2.38 bits per heavy atom. The molecule has 2 N–H and O–H groups in total. The molecule has 2 fully saturated rings. The van der Waals surface area contributed by atoms with Gasteiger partial charge in [0.25, 0.3) is 0 Å². The zero-order valence-electron chi connectivity index (χ0n) is 9.52. The number of rotatable bonds is 3. The van der Waals surface area contributed by atoms with Gasteiger partial charge in [-0.15, -0.1) is 0 Å². The highest BCUT2D eigenvalue weighted by molar-refractivity contribution is 6.29. The average molecular weight is 243 g/mol. The van der Waals surface area contributed by atoms with Crippen LogP contribution in [0.3, 0.4) is 0 Å². The summed E-state index contributed by atoms with van der Waals surface area (Å²) in [6, 6.07) is 0. The molecule has 2 atom stereocenters. The van der Waals surface area contributed by atoms with E-state index >= 15 is 0 Å². The van der Waals surface area contributed by atoms with Crippen molar-refractivity contribution in [3.63, 3.8) is 0 Å². The van der Waals surface area contributed by atoms with Crippen LogP contribution in [-0.4, -0.2) is 25.5 Å². The van der Waals surface area contributed by atoms with Gasteiger partial charge in [0.15, 0.2) is 0 Å². The van der Waals surface area contributed by atoms with Crippen molar-refractivity contribution in [1.29, 1.82) is 0 Å². The molecule has 0 aromatic carbocycles. The highest BCUT2D eigenvalue weighted by Crippen LogP contribution is 2.43. The lowest BCUT2D eigenvalue weighted by Gasteiger charge is -2.37. The fraction of sp³-hybridized carbons (Fsp3) is 0.750. The summed E-state index contributed by atoms with van der Waals surface area (Å²) in [6.45, 7) is 5.77. The summed E-state index contributed by atoms with van der Waals surface area (Å²) in [6.07, 6.45) is 4.59. The van der Waals surface area contributed by atoms with E-state index in [1.54, 1.807) is 0 Å². The van der Waals surface area contributed by atoms with Gasteiger partial charge in [-0.1, -0.05) is 31.0 Å². The van der Waals surface area contributed by atoms with E-state index in [2.05, 4.69) is 17.2 Å². The summed E-state index contributed by atoms with van der Waals surface area (Å²) < 4.78 is 0. The van der Waals surface area contributed by atoms with Crippen LogP contribution < -0.4 is 10.6 Å². The summed E-state index contributed by atoms with van der Waals surface area (Å²) in [5.41, 5.74) is -0.176. The van der Waals surface area contributed by atoms with Crippen LogP contribution in [0.2, 0.25) is 0 Å². The smallest absolute Gasteiger partial charge is 0.228 e. The predicted octanol–water partition coefficient (Wildman–Crippen LogP) is 1.63. The third-order valence-corrected chi connectivity index (χ3v) is 4.06. The van der Waals surface area contributed by atoms with E-state index in [1.165, 1.54) is 12.8 Å². The number of fused-ring (bicyclic) bond motifs is 1. The van der Waals surface area contributed by atoms with Gasteiger partial charge in [0.2, 0.25) is 5.91 Å². The van der Waals surface area contributed by atoms with Crippen molar-refractivity contribution in [2.75, 3.05) is 19.6 Å². The van der Waals surface area contributed by atoms with Crippen LogP contribution in [0, 0.1) is 11.3 Å². The third-order valence-electron chi connectivity index (χ3n) is 3.93. The second kappa shape index (κ2) is 4.76. The number of halogens is 1. The van der Waals surface area contributed by atoms with Crippen molar-refractivity contribution in [3.8, 4) is 0 Å². The van der Waals surface area contributed by atoms with Gasteiger partial charge in [0.05, 0.1) is 12.0 Å². The maximum absolute atomic E-state index is 12.3. The largest absolute Gasteiger partial charge is 0.351 e. The normalized spacial score (nSPS) is 33.2. The zero-order valence-corrected chi connectivity index (χ0v) is 10.3. The Morgan fingerprint density at radius 1 is 1.56 bits per heavy atom. The van der Waals surface area contributed by atoms with Crippen LogP contribution in [0.4, 0.5) is 0 Å². The second-order valence-electron chi connectivity index (χ2n) is 4.93. The average Bonchev–Trinajstić information content (AvgIpc) is 2.70. The molecule has 0 bridgehead atoms. The molecule has 1 aliphatic carbocycles. The van der Waals surface area contributed by atoms with Crippen molar-refractivity contribution in [2.45, 2.75) is 25.7 Å². The van der Waals surface area contributed by atoms with E-state index in [0.29, 0.717) is 17.5 Å². The van der Waals surface area contributed by atoms with Crippen LogP contribution in [0.5, 0.6) is 0 Å². The van der Waals surface area contributed by atoms with E-state index in [9.17, 15) is 4.79 Å². The van der Waals surface area contributed by atoms with Gasteiger partial charge in [-0.2, -0.15) is 0 Å². The molecule has 0 radical (unpaired) electrons. The predicted molar refractivity (Wildman–Crippen MR) is 65.3 cm³/mol. The Balaban J connectivity index is 2.04. The van der Waals surface area contributed by atoms with Crippen molar-refractivity contribution >= 4 is 17.5 Å². The molecule has 2 aliphatic rings. The number of hydrogen-bond acceptors (Lipinski definition) is 2. The summed E-state index contributed by atoms with van der Waals surface area (Å²) in [5, 5.41) is 6.75. The molecule has 1 aliphatic heterocycles. The van der Waals surface area contributed by atoms with Crippen molar-refractivity contribution in [3.05, 3.63) is 11.6 Å². The fourth-order valence-electron chi connectivity index (χ4n) is 3.04. The molecule has 2 rings (SSSR count). The van der Waals surface area contributed by atoms with Crippen LogP contribution in [0.1, 0.15) is 25.7 Å². The number of amides is 1. The van der Waals surface area contributed by atoms with Gasteiger partial charge in [0, 0.05) is 11.6 Å². The van der Waals surface area contributed by atoms with E-state index < -0.39 is 0 Å². The lowest BCUT2D eigenvalue weighted by molar-refractivity contribution is -0.133.